The summed E-state index contributed by atoms with van der Waals surface area (Å²) in [5.41, 5.74) is 0. The van der Waals surface area contributed by atoms with E-state index in [1.807, 2.05) is 0 Å². The lowest BCUT2D eigenvalue weighted by Gasteiger charge is -2.46. The van der Waals surface area contributed by atoms with Gasteiger partial charge >= 0.3 is 23.9 Å². The number of carbonyl (C=O) groups excluding carboxylic acids is 4. The largest absolute Gasteiger partial charge is 0.460 e. The summed E-state index contributed by atoms with van der Waals surface area (Å²) in [5.74, 6) is -6.76. The highest BCUT2D eigenvalue weighted by Gasteiger charge is 2.63. The zero-order valence-electron chi connectivity index (χ0n) is 29.7. The third-order valence-electron chi connectivity index (χ3n) is 8.44. The van der Waals surface area contributed by atoms with Crippen LogP contribution in [-0.4, -0.2) is 119 Å². The van der Waals surface area contributed by atoms with Gasteiger partial charge < -0.3 is 53.6 Å². The van der Waals surface area contributed by atoms with Crippen molar-refractivity contribution in [2.75, 3.05) is 19.8 Å². The van der Waals surface area contributed by atoms with Crippen molar-refractivity contribution in [3.05, 3.63) is 0 Å². The molecule has 0 aliphatic carbocycles. The highest BCUT2D eigenvalue weighted by atomic mass is 16.8. The second-order valence-corrected chi connectivity index (χ2v) is 13.4. The summed E-state index contributed by atoms with van der Waals surface area (Å²) in [7, 11) is 0. The average molecular weight is 707 g/mol. The van der Waals surface area contributed by atoms with E-state index in [0.717, 1.165) is 32.6 Å². The summed E-state index contributed by atoms with van der Waals surface area (Å²) < 4.78 is 40.0. The molecule has 2 aliphatic heterocycles. The Morgan fingerprint density at radius 3 is 1.82 bits per heavy atom. The van der Waals surface area contributed by atoms with Crippen LogP contribution in [0.4, 0.5) is 0 Å². The van der Waals surface area contributed by atoms with Crippen LogP contribution in [0.1, 0.15) is 106 Å². The quantitative estimate of drug-likeness (QED) is 0.0764. The van der Waals surface area contributed by atoms with Crippen molar-refractivity contribution in [3.63, 3.8) is 0 Å². The third-order valence-corrected chi connectivity index (χ3v) is 8.44. The SMILES string of the molecule is CCCCCCCCCCCC(=O)O[C@H]1[C@@H](O[C@]2(COC(C)=O)O[C@H](CO)[C@H](O)[C@@H]2OC(=O)C(C)C)O[C@H](CO)[C@@H](O)[C@@H]1OC(=O)C(C)C. The normalized spacial score (nSPS) is 30.0. The molecule has 15 heteroatoms. The van der Waals surface area contributed by atoms with Crippen molar-refractivity contribution < 1.29 is 72.8 Å². The van der Waals surface area contributed by atoms with E-state index in [0.29, 0.717) is 6.42 Å². The predicted octanol–water partition coefficient (Wildman–Crippen LogP) is 2.06. The lowest BCUT2D eigenvalue weighted by atomic mass is 9.97. The van der Waals surface area contributed by atoms with E-state index in [9.17, 15) is 39.6 Å². The van der Waals surface area contributed by atoms with Gasteiger partial charge in [-0.2, -0.15) is 0 Å². The minimum atomic E-state index is -2.36. The first kappa shape index (κ1) is 42.8. The first-order valence-electron chi connectivity index (χ1n) is 17.5. The first-order chi connectivity index (χ1) is 23.2. The van der Waals surface area contributed by atoms with Crippen LogP contribution < -0.4 is 0 Å². The lowest BCUT2D eigenvalue weighted by Crippen LogP contribution is -2.65. The molecule has 0 aromatic carbocycles. The summed E-state index contributed by atoms with van der Waals surface area (Å²) in [4.78, 5) is 50.7. The molecule has 0 radical (unpaired) electrons. The van der Waals surface area contributed by atoms with Gasteiger partial charge in [-0.25, -0.2) is 0 Å². The highest BCUT2D eigenvalue weighted by molar-refractivity contribution is 5.72. The fourth-order valence-corrected chi connectivity index (χ4v) is 5.52. The zero-order chi connectivity index (χ0) is 36.7. The predicted molar refractivity (Wildman–Crippen MR) is 171 cm³/mol. The van der Waals surface area contributed by atoms with Gasteiger partial charge in [0.1, 0.15) is 31.0 Å². The Bertz CT molecular complexity index is 1040. The summed E-state index contributed by atoms with van der Waals surface area (Å²) in [6.07, 6.45) is -3.89. The number of hydrogen-bond donors (Lipinski definition) is 4. The Kier molecular flexibility index (Phi) is 18.4. The van der Waals surface area contributed by atoms with E-state index >= 15 is 0 Å². The van der Waals surface area contributed by atoms with E-state index in [2.05, 4.69) is 6.92 Å². The number of ether oxygens (including phenoxy) is 7. The Hall–Kier alpha value is -2.40. The summed E-state index contributed by atoms with van der Waals surface area (Å²) >= 11 is 0. The van der Waals surface area contributed by atoms with Crippen LogP contribution in [0, 0.1) is 11.8 Å². The smallest absolute Gasteiger partial charge is 0.308 e. The number of hydrogen-bond acceptors (Lipinski definition) is 15. The first-order valence-corrected chi connectivity index (χ1v) is 17.5. The zero-order valence-corrected chi connectivity index (χ0v) is 29.7. The van der Waals surface area contributed by atoms with Crippen molar-refractivity contribution in [1.29, 1.82) is 0 Å². The minimum absolute atomic E-state index is 0.0154. The second-order valence-electron chi connectivity index (χ2n) is 13.4. The Morgan fingerprint density at radius 2 is 1.29 bits per heavy atom. The Labute approximate surface area is 288 Å². The number of aliphatic hydroxyl groups is 4. The number of rotatable bonds is 21. The molecule has 2 aliphatic rings. The molecule has 15 nitrogen and oxygen atoms in total. The van der Waals surface area contributed by atoms with Gasteiger partial charge in [-0.15, -0.1) is 0 Å². The fourth-order valence-electron chi connectivity index (χ4n) is 5.52. The van der Waals surface area contributed by atoms with Crippen molar-refractivity contribution in [2.24, 2.45) is 11.8 Å². The molecule has 0 unspecified atom stereocenters. The molecule has 49 heavy (non-hydrogen) atoms. The van der Waals surface area contributed by atoms with Crippen molar-refractivity contribution >= 4 is 23.9 Å². The standard InChI is InChI=1S/C34H58O15/c1-7-8-9-10-11-12-13-14-15-16-25(38)45-29-28(46-31(41)20(2)3)26(39)23(17-35)44-33(29)49-34(19-43-22(6)37)30(47-32(42)21(4)5)27(40)24(18-36)48-34/h20-21,23-24,26-30,33,35-36,39-40H,7-19H2,1-6H3/t23-,24-,26-,27+,28+,29-,30+,33-,34+/m1/s1. The number of carbonyl (C=O) groups is 4. The van der Waals surface area contributed by atoms with Gasteiger partial charge in [0.15, 0.2) is 18.3 Å². The fraction of sp³-hybridized carbons (Fsp3) is 0.882. The molecule has 284 valence electrons. The summed E-state index contributed by atoms with van der Waals surface area (Å²) in [5, 5.41) is 42.2. The molecule has 4 N–H and O–H groups in total. The molecule has 2 heterocycles. The Balaban J connectivity index is 2.41. The van der Waals surface area contributed by atoms with Crippen LogP contribution in [0.15, 0.2) is 0 Å². The topological polar surface area (TPSA) is 214 Å². The van der Waals surface area contributed by atoms with Gasteiger partial charge in [-0.05, 0) is 6.42 Å². The molecule has 0 amide bonds. The molecular weight excluding hydrogens is 648 g/mol. The summed E-state index contributed by atoms with van der Waals surface area (Å²) in [6, 6.07) is 0. The molecule has 0 saturated carbocycles. The van der Waals surface area contributed by atoms with Crippen molar-refractivity contribution in [1.82, 2.24) is 0 Å². The van der Waals surface area contributed by atoms with Gasteiger partial charge in [-0.1, -0.05) is 86.0 Å². The van der Waals surface area contributed by atoms with Gasteiger partial charge in [0, 0.05) is 13.3 Å². The van der Waals surface area contributed by atoms with E-state index in [1.165, 1.54) is 39.5 Å². The molecule has 0 aromatic heterocycles. The molecule has 2 fully saturated rings. The van der Waals surface area contributed by atoms with Gasteiger partial charge in [0.25, 0.3) is 0 Å². The van der Waals surface area contributed by atoms with Crippen molar-refractivity contribution in [3.8, 4) is 0 Å². The second kappa shape index (κ2) is 21.1. The molecule has 0 spiro atoms. The highest BCUT2D eigenvalue weighted by Crippen LogP contribution is 2.40. The third kappa shape index (κ3) is 12.7. The van der Waals surface area contributed by atoms with E-state index < -0.39 is 110 Å². The summed E-state index contributed by atoms with van der Waals surface area (Å²) in [6.45, 7) is 7.09. The van der Waals surface area contributed by atoms with Crippen LogP contribution in [0.3, 0.4) is 0 Å². The maximum atomic E-state index is 13.2. The monoisotopic (exact) mass is 706 g/mol. The van der Waals surface area contributed by atoms with E-state index in [1.54, 1.807) is 13.8 Å². The molecule has 0 aromatic rings. The molecule has 9 atom stereocenters. The molecular formula is C34H58O15. The number of unbranched alkanes of at least 4 members (excludes halogenated alkanes) is 8. The Morgan fingerprint density at radius 1 is 0.735 bits per heavy atom. The van der Waals surface area contributed by atoms with Gasteiger partial charge in [0.2, 0.25) is 12.1 Å². The van der Waals surface area contributed by atoms with E-state index in [-0.39, 0.29) is 6.42 Å². The van der Waals surface area contributed by atoms with Crippen LogP contribution in [-0.2, 0) is 52.3 Å². The van der Waals surface area contributed by atoms with Crippen LogP contribution in [0.25, 0.3) is 0 Å². The van der Waals surface area contributed by atoms with Crippen molar-refractivity contribution in [2.45, 2.75) is 161 Å². The van der Waals surface area contributed by atoms with Crippen LogP contribution in [0.5, 0.6) is 0 Å². The maximum absolute atomic E-state index is 13.2. The lowest BCUT2D eigenvalue weighted by molar-refractivity contribution is -0.384. The minimum Gasteiger partial charge on any atom is -0.460 e. The average Bonchev–Trinajstić information content (AvgIpc) is 3.31. The molecule has 0 bridgehead atoms. The molecule has 2 saturated heterocycles. The van der Waals surface area contributed by atoms with Gasteiger partial charge in [-0.3, -0.25) is 19.2 Å². The van der Waals surface area contributed by atoms with Crippen LogP contribution >= 0.6 is 0 Å². The van der Waals surface area contributed by atoms with Crippen LogP contribution in [0.2, 0.25) is 0 Å². The number of esters is 4. The van der Waals surface area contributed by atoms with Gasteiger partial charge in [0.05, 0.1) is 25.0 Å². The van der Waals surface area contributed by atoms with E-state index in [4.69, 9.17) is 33.2 Å². The molecule has 2 rings (SSSR count). The maximum Gasteiger partial charge on any atom is 0.308 e. The number of aliphatic hydroxyl groups excluding tert-OH is 4.